The van der Waals surface area contributed by atoms with Crippen LogP contribution in [0.15, 0.2) is 29.0 Å². The van der Waals surface area contributed by atoms with Crippen molar-refractivity contribution in [2.45, 2.75) is 13.8 Å². The Bertz CT molecular complexity index is 253. The molecule has 0 aliphatic heterocycles. The number of allylic oxidation sites excluding steroid dienone is 2. The van der Waals surface area contributed by atoms with Crippen molar-refractivity contribution in [2.24, 2.45) is 16.6 Å². The fourth-order valence-electron chi connectivity index (χ4n) is 0.411. The number of aliphatic imine (C=N–C) groups is 1. The molecule has 0 saturated heterocycles. The molecule has 0 spiro atoms. The smallest absolute Gasteiger partial charge is 0.102 e. The molecule has 3 nitrogen and oxygen atoms in total. The molecule has 0 amide bonds. The predicted molar refractivity (Wildman–Crippen MR) is 50.4 cm³/mol. The average Bonchev–Trinajstić information content (AvgIpc) is 2.05. The highest BCUT2D eigenvalue weighted by Gasteiger charge is 1.95. The van der Waals surface area contributed by atoms with Gasteiger partial charge in [-0.05, 0) is 5.92 Å². The van der Waals surface area contributed by atoms with E-state index in [2.05, 4.69) is 11.6 Å². The molecule has 0 aromatic rings. The van der Waals surface area contributed by atoms with Gasteiger partial charge in [-0.25, -0.2) is 0 Å². The van der Waals surface area contributed by atoms with E-state index in [9.17, 15) is 0 Å². The summed E-state index contributed by atoms with van der Waals surface area (Å²) in [6, 6.07) is 1.89. The van der Waals surface area contributed by atoms with Crippen LogP contribution in [-0.4, -0.2) is 6.21 Å². The zero-order valence-corrected chi connectivity index (χ0v) is 7.41. The first-order valence-corrected chi connectivity index (χ1v) is 3.66. The summed E-state index contributed by atoms with van der Waals surface area (Å²) in [6.07, 6.45) is 2.64. The second-order valence-electron chi connectivity index (χ2n) is 2.64. The minimum Gasteiger partial charge on any atom is -0.403 e. The van der Waals surface area contributed by atoms with Crippen LogP contribution in [0.2, 0.25) is 0 Å². The van der Waals surface area contributed by atoms with Gasteiger partial charge < -0.3 is 5.73 Å². The number of nitrogens with zero attached hydrogens (tertiary/aromatic N) is 2. The molecule has 0 aromatic carbocycles. The molecule has 0 radical (unpaired) electrons. The first-order valence-electron chi connectivity index (χ1n) is 3.66. The second-order valence-corrected chi connectivity index (χ2v) is 2.64. The van der Waals surface area contributed by atoms with E-state index < -0.39 is 0 Å². The van der Waals surface area contributed by atoms with Crippen molar-refractivity contribution < 1.29 is 0 Å². The lowest BCUT2D eigenvalue weighted by molar-refractivity contribution is 0.763. The van der Waals surface area contributed by atoms with Gasteiger partial charge in [0.05, 0.1) is 5.57 Å². The molecule has 3 heteroatoms. The van der Waals surface area contributed by atoms with Crippen LogP contribution in [0.4, 0.5) is 0 Å². The maximum atomic E-state index is 8.46. The summed E-state index contributed by atoms with van der Waals surface area (Å²) in [4.78, 5) is 3.98. The largest absolute Gasteiger partial charge is 0.403 e. The van der Waals surface area contributed by atoms with Crippen molar-refractivity contribution >= 4 is 6.21 Å². The lowest BCUT2D eigenvalue weighted by Crippen LogP contribution is -1.92. The van der Waals surface area contributed by atoms with Gasteiger partial charge in [0, 0.05) is 18.1 Å². The Kier molecular flexibility index (Phi) is 4.47. The van der Waals surface area contributed by atoms with E-state index in [0.717, 1.165) is 5.70 Å². The molecule has 2 N–H and O–H groups in total. The van der Waals surface area contributed by atoms with Gasteiger partial charge in [0.15, 0.2) is 0 Å². The highest BCUT2D eigenvalue weighted by molar-refractivity contribution is 5.84. The molecular formula is C9H13N3. The first-order chi connectivity index (χ1) is 5.61. The van der Waals surface area contributed by atoms with Gasteiger partial charge in [-0.3, -0.25) is 4.99 Å². The normalized spacial score (nSPS) is 12.0. The Labute approximate surface area is 72.9 Å². The number of rotatable bonds is 3. The Hall–Kier alpha value is -1.56. The molecular weight excluding hydrogens is 150 g/mol. The third-order valence-corrected chi connectivity index (χ3v) is 1.34. The predicted octanol–water partition coefficient (Wildman–Crippen LogP) is 1.59. The van der Waals surface area contributed by atoms with Gasteiger partial charge in [-0.2, -0.15) is 5.26 Å². The summed E-state index contributed by atoms with van der Waals surface area (Å²) in [5.41, 5.74) is 6.22. The third-order valence-electron chi connectivity index (χ3n) is 1.34. The van der Waals surface area contributed by atoms with Crippen LogP contribution < -0.4 is 5.73 Å². The van der Waals surface area contributed by atoms with Crippen LogP contribution in [0.1, 0.15) is 13.8 Å². The number of nitrogens with two attached hydrogens (primary N) is 1. The van der Waals surface area contributed by atoms with E-state index in [1.165, 1.54) is 12.4 Å². The Balaban J connectivity index is 4.27. The topological polar surface area (TPSA) is 62.2 Å². The van der Waals surface area contributed by atoms with Crippen LogP contribution >= 0.6 is 0 Å². The monoisotopic (exact) mass is 163 g/mol. The molecule has 0 bridgehead atoms. The Morgan fingerprint density at radius 2 is 2.25 bits per heavy atom. The molecule has 64 valence electrons. The summed E-state index contributed by atoms with van der Waals surface area (Å²) < 4.78 is 0. The Morgan fingerprint density at radius 3 is 2.58 bits per heavy atom. The lowest BCUT2D eigenvalue weighted by Gasteiger charge is -2.00. The minimum atomic E-state index is 0.291. The quantitative estimate of drug-likeness (QED) is 0.507. The molecule has 0 aliphatic rings. The number of hydrogen-bond donors (Lipinski definition) is 1. The number of nitriles is 1. The van der Waals surface area contributed by atoms with Gasteiger partial charge in [-0.15, -0.1) is 0 Å². The van der Waals surface area contributed by atoms with Crippen LogP contribution in [0.25, 0.3) is 0 Å². The maximum absolute atomic E-state index is 8.46. The Morgan fingerprint density at radius 1 is 1.67 bits per heavy atom. The minimum absolute atomic E-state index is 0.291. The van der Waals surface area contributed by atoms with Gasteiger partial charge >= 0.3 is 0 Å². The van der Waals surface area contributed by atoms with Crippen LogP contribution in [0.5, 0.6) is 0 Å². The summed E-state index contributed by atoms with van der Waals surface area (Å²) in [6.45, 7) is 7.69. The van der Waals surface area contributed by atoms with E-state index in [0.29, 0.717) is 11.5 Å². The molecule has 0 saturated carbocycles. The fourth-order valence-corrected chi connectivity index (χ4v) is 0.411. The van der Waals surface area contributed by atoms with E-state index in [-0.39, 0.29) is 0 Å². The van der Waals surface area contributed by atoms with Gasteiger partial charge in [-0.1, -0.05) is 20.4 Å². The van der Waals surface area contributed by atoms with Crippen molar-refractivity contribution in [2.75, 3.05) is 0 Å². The third kappa shape index (κ3) is 3.57. The average molecular weight is 163 g/mol. The van der Waals surface area contributed by atoms with Crippen molar-refractivity contribution in [1.29, 1.82) is 5.26 Å². The summed E-state index contributed by atoms with van der Waals surface area (Å²) in [5, 5.41) is 8.46. The maximum Gasteiger partial charge on any atom is 0.102 e. The molecule has 0 unspecified atom stereocenters. The molecule has 0 aromatic heterocycles. The lowest BCUT2D eigenvalue weighted by atomic mass is 10.2. The van der Waals surface area contributed by atoms with Crippen molar-refractivity contribution in [1.82, 2.24) is 0 Å². The fraction of sp³-hybridized carbons (Fsp3) is 0.333. The zero-order chi connectivity index (χ0) is 9.56. The van der Waals surface area contributed by atoms with E-state index in [1.54, 1.807) is 0 Å². The highest BCUT2D eigenvalue weighted by Crippen LogP contribution is 2.06. The molecule has 0 fully saturated rings. The molecule has 12 heavy (non-hydrogen) atoms. The summed E-state index contributed by atoms with van der Waals surface area (Å²) in [5.74, 6) is 0.291. The van der Waals surface area contributed by atoms with Gasteiger partial charge in [0.2, 0.25) is 0 Å². The van der Waals surface area contributed by atoms with Crippen LogP contribution in [0.3, 0.4) is 0 Å². The standard InChI is InChI=1S/C9H13N3/c1-7(2)8(3)12-6-9(4-10)5-11/h4,6-7H,3,10H2,1-2H3/b9-4-,12-6-. The summed E-state index contributed by atoms with van der Waals surface area (Å²) >= 11 is 0. The van der Waals surface area contributed by atoms with Gasteiger partial charge in [0.25, 0.3) is 0 Å². The van der Waals surface area contributed by atoms with E-state index in [4.69, 9.17) is 11.0 Å². The van der Waals surface area contributed by atoms with Crippen LogP contribution in [0, 0.1) is 17.2 Å². The van der Waals surface area contributed by atoms with Crippen molar-refractivity contribution in [3.05, 3.63) is 24.0 Å². The van der Waals surface area contributed by atoms with E-state index >= 15 is 0 Å². The van der Waals surface area contributed by atoms with E-state index in [1.807, 2.05) is 19.9 Å². The highest BCUT2D eigenvalue weighted by atomic mass is 14.7. The van der Waals surface area contributed by atoms with Gasteiger partial charge in [0.1, 0.15) is 6.07 Å². The van der Waals surface area contributed by atoms with Crippen molar-refractivity contribution in [3.63, 3.8) is 0 Å². The molecule has 0 rings (SSSR count). The molecule has 0 aliphatic carbocycles. The molecule has 0 atom stereocenters. The molecule has 0 heterocycles. The van der Waals surface area contributed by atoms with Crippen molar-refractivity contribution in [3.8, 4) is 6.07 Å². The first kappa shape index (κ1) is 10.4. The second kappa shape index (κ2) is 5.14. The summed E-state index contributed by atoms with van der Waals surface area (Å²) in [7, 11) is 0. The number of hydrogen-bond acceptors (Lipinski definition) is 3. The zero-order valence-electron chi connectivity index (χ0n) is 7.41. The van der Waals surface area contributed by atoms with Crippen LogP contribution in [-0.2, 0) is 0 Å². The SMILES string of the molecule is C=C(/N=C\C(C#N)=C/N)C(C)C.